The Bertz CT molecular complexity index is 4270. The van der Waals surface area contributed by atoms with Gasteiger partial charge in [-0.25, -0.2) is 0 Å². The fourth-order valence-electron chi connectivity index (χ4n) is 17.0. The lowest BCUT2D eigenvalue weighted by atomic mass is 9.33. The summed E-state index contributed by atoms with van der Waals surface area (Å²) in [7, 11) is 0. The molecule has 0 atom stereocenters. The predicted octanol–water partition coefficient (Wildman–Crippen LogP) is 21.1. The van der Waals surface area contributed by atoms with Crippen LogP contribution in [0.4, 0.5) is 28.4 Å². The number of fused-ring (bicyclic) bond motifs is 7. The smallest absolute Gasteiger partial charge is 0.256 e. The summed E-state index contributed by atoms with van der Waals surface area (Å²) in [5.41, 5.74) is 24.5. The van der Waals surface area contributed by atoms with E-state index in [9.17, 15) is 0 Å². The van der Waals surface area contributed by atoms with Crippen LogP contribution in [0.15, 0.2) is 182 Å². The van der Waals surface area contributed by atoms with E-state index in [0.29, 0.717) is 0 Å². The summed E-state index contributed by atoms with van der Waals surface area (Å²) in [6.07, 6.45) is 7.82. The van der Waals surface area contributed by atoms with E-state index >= 15 is 0 Å². The molecule has 0 amide bonds. The number of benzene rings is 9. The molecule has 4 saturated carbocycles. The van der Waals surface area contributed by atoms with Crippen LogP contribution < -0.4 is 30.9 Å². The molecular formula is C84H90BN3O. The number of nitrogens with zero attached hydrogens (tertiary/aromatic N) is 3. The van der Waals surface area contributed by atoms with Gasteiger partial charge in [0.25, 0.3) is 6.71 Å². The number of aromatic nitrogens is 1. The first-order valence-corrected chi connectivity index (χ1v) is 33.4. The van der Waals surface area contributed by atoms with E-state index in [2.05, 4.69) is 300 Å². The highest BCUT2D eigenvalue weighted by molar-refractivity contribution is 6.99. The molecule has 16 rings (SSSR count). The summed E-state index contributed by atoms with van der Waals surface area (Å²) >= 11 is 0. The van der Waals surface area contributed by atoms with Crippen LogP contribution in [0.2, 0.25) is 0 Å². The Hall–Kier alpha value is -7.76. The van der Waals surface area contributed by atoms with Gasteiger partial charge in [-0.2, -0.15) is 0 Å². The van der Waals surface area contributed by atoms with Gasteiger partial charge >= 0.3 is 0 Å². The minimum Gasteiger partial charge on any atom is -0.456 e. The molecule has 0 N–H and O–H groups in total. The van der Waals surface area contributed by atoms with E-state index in [-0.39, 0.29) is 39.3 Å². The lowest BCUT2D eigenvalue weighted by Gasteiger charge is -2.62. The second kappa shape index (κ2) is 20.1. The molecule has 4 bridgehead atoms. The van der Waals surface area contributed by atoms with Crippen LogP contribution in [-0.2, 0) is 27.1 Å². The van der Waals surface area contributed by atoms with E-state index in [1.807, 2.05) is 0 Å². The Kier molecular flexibility index (Phi) is 13.0. The molecule has 89 heavy (non-hydrogen) atoms. The van der Waals surface area contributed by atoms with Gasteiger partial charge < -0.3 is 19.1 Å². The highest BCUT2D eigenvalue weighted by atomic mass is 16.5. The minimum absolute atomic E-state index is 0.00543. The van der Waals surface area contributed by atoms with E-state index in [0.717, 1.165) is 52.0 Å². The van der Waals surface area contributed by atoms with E-state index in [4.69, 9.17) is 4.74 Å². The van der Waals surface area contributed by atoms with Crippen molar-refractivity contribution in [3.8, 4) is 39.4 Å². The summed E-state index contributed by atoms with van der Waals surface area (Å²) in [5.74, 6) is 4.11. The molecule has 4 aliphatic carbocycles. The molecule has 4 nitrogen and oxygen atoms in total. The average Bonchev–Trinajstić information content (AvgIpc) is 1.11. The zero-order chi connectivity index (χ0) is 62.1. The topological polar surface area (TPSA) is 20.6 Å². The fraction of sp³-hybridized carbons (Fsp3) is 0.357. The molecular weight excluding hydrogens is 1080 g/mol. The van der Waals surface area contributed by atoms with Crippen LogP contribution in [0.5, 0.6) is 11.5 Å². The summed E-state index contributed by atoms with van der Waals surface area (Å²) in [6.45, 7) is 34.7. The van der Waals surface area contributed by atoms with Crippen molar-refractivity contribution in [3.05, 3.63) is 210 Å². The van der Waals surface area contributed by atoms with Crippen LogP contribution in [0, 0.1) is 17.8 Å². The second-order valence-electron chi connectivity index (χ2n) is 33.0. The van der Waals surface area contributed by atoms with E-state index in [1.165, 1.54) is 138 Å². The summed E-state index contributed by atoms with van der Waals surface area (Å²) in [5, 5.41) is 2.51. The molecule has 1 aromatic heterocycles. The summed E-state index contributed by atoms with van der Waals surface area (Å²) in [4.78, 5) is 5.47. The van der Waals surface area contributed by atoms with Crippen molar-refractivity contribution in [3.63, 3.8) is 0 Å². The minimum atomic E-state index is -0.176. The number of rotatable bonds is 7. The average molecular weight is 1170 g/mol. The van der Waals surface area contributed by atoms with Gasteiger partial charge in [0.2, 0.25) is 0 Å². The third-order valence-corrected chi connectivity index (χ3v) is 21.5. The maximum absolute atomic E-state index is 8.16. The van der Waals surface area contributed by atoms with Crippen LogP contribution in [0.25, 0.3) is 49.7 Å². The summed E-state index contributed by atoms with van der Waals surface area (Å²) < 4.78 is 10.7. The van der Waals surface area contributed by atoms with Crippen molar-refractivity contribution in [2.24, 2.45) is 17.8 Å². The molecule has 0 spiro atoms. The molecule has 0 saturated heterocycles. The Labute approximate surface area is 531 Å². The molecule has 6 aliphatic rings. The fourth-order valence-corrected chi connectivity index (χ4v) is 17.0. The largest absolute Gasteiger partial charge is 0.456 e. The van der Waals surface area contributed by atoms with Crippen LogP contribution in [-0.4, -0.2) is 16.8 Å². The van der Waals surface area contributed by atoms with E-state index in [1.54, 1.807) is 0 Å². The molecule has 3 heterocycles. The van der Waals surface area contributed by atoms with E-state index < -0.39 is 0 Å². The van der Waals surface area contributed by atoms with Gasteiger partial charge in [-0.3, -0.25) is 0 Å². The monoisotopic (exact) mass is 1170 g/mol. The van der Waals surface area contributed by atoms with Crippen molar-refractivity contribution >= 4 is 73.3 Å². The zero-order valence-corrected chi connectivity index (χ0v) is 55.6. The highest BCUT2D eigenvalue weighted by Crippen LogP contribution is 2.61. The van der Waals surface area contributed by atoms with Crippen molar-refractivity contribution in [1.82, 2.24) is 4.57 Å². The quantitative estimate of drug-likeness (QED) is 0.148. The number of ether oxygens (including phenoxy) is 1. The highest BCUT2D eigenvalue weighted by Gasteiger charge is 2.57. The van der Waals surface area contributed by atoms with Crippen LogP contribution in [0.3, 0.4) is 0 Å². The zero-order valence-electron chi connectivity index (χ0n) is 55.6. The Morgan fingerprint density at radius 2 is 0.854 bits per heavy atom. The third kappa shape index (κ3) is 9.77. The first kappa shape index (κ1) is 57.7. The third-order valence-electron chi connectivity index (χ3n) is 21.5. The van der Waals surface area contributed by atoms with Gasteiger partial charge in [-0.15, -0.1) is 0 Å². The maximum atomic E-state index is 8.16. The molecule has 9 aromatic carbocycles. The SMILES string of the molecule is CC(C)(C)c1ccc(-c2cc3c4c(c2)N(C25CC6CC(CC(C6)C2)C5)c2ccc(-c5ccccc5)cc2B4c2cc(N(c4ccc(C(C)(C)C)cc4)c4ccc(C(C)(C)C)cc4)cc(-n4c5ccc(C(C)(C)C)cc5c5cc(C(C)(C)C)ccc54)c2O3)cc1. The standard InChI is InChI=1S/C84H90BN3O/c1-79(2,3)59-24-21-56(22-25-59)58-43-74-77-76(44-58)89-78-70(85(77)69-42-57(55-19-17-16-18-20-55)23-36-73(69)88(74)84-49-52-39-53(50-84)41-54(40-52)51-84)47-66(86(64-32-26-60(27-33-64)80(4,5)6)65-34-28-61(29-35-65)81(7,8)9)48-75(78)87-71-37-30-62(82(10,11)12)45-67(71)68-46-63(83(13,14)15)31-38-72(68)87/h16-38,42-48,52-54H,39-41,49-51H2,1-15H3. The van der Waals surface area contributed by atoms with Crippen molar-refractivity contribution in [1.29, 1.82) is 0 Å². The number of hydrogen-bond donors (Lipinski definition) is 0. The summed E-state index contributed by atoms with van der Waals surface area (Å²) in [6, 6.07) is 71.4. The predicted molar refractivity (Wildman–Crippen MR) is 380 cm³/mol. The van der Waals surface area contributed by atoms with Gasteiger partial charge in [0.1, 0.15) is 11.5 Å². The molecule has 4 fully saturated rings. The Balaban J connectivity index is 1.07. The lowest BCUT2D eigenvalue weighted by molar-refractivity contribution is 0.000631. The van der Waals surface area contributed by atoms with Gasteiger partial charge in [0.05, 0.1) is 16.7 Å². The Morgan fingerprint density at radius 3 is 1.35 bits per heavy atom. The lowest BCUT2D eigenvalue weighted by Crippen LogP contribution is -2.66. The maximum Gasteiger partial charge on any atom is 0.256 e. The van der Waals surface area contributed by atoms with Crippen LogP contribution >= 0.6 is 0 Å². The molecule has 450 valence electrons. The van der Waals surface area contributed by atoms with Crippen molar-refractivity contribution in [2.45, 2.75) is 175 Å². The van der Waals surface area contributed by atoms with Gasteiger partial charge in [-0.05, 0) is 229 Å². The molecule has 0 radical (unpaired) electrons. The first-order valence-electron chi connectivity index (χ1n) is 33.4. The van der Waals surface area contributed by atoms with Crippen molar-refractivity contribution in [2.75, 3.05) is 9.80 Å². The molecule has 0 unspecified atom stereocenters. The Morgan fingerprint density at radius 1 is 0.393 bits per heavy atom. The van der Waals surface area contributed by atoms with Gasteiger partial charge in [-0.1, -0.05) is 207 Å². The number of hydrogen-bond acceptors (Lipinski definition) is 3. The normalized spacial score (nSPS) is 19.6. The number of anilines is 5. The molecule has 2 aliphatic heterocycles. The molecule has 10 aromatic rings. The van der Waals surface area contributed by atoms with Gasteiger partial charge in [0.15, 0.2) is 0 Å². The molecule has 5 heteroatoms. The first-order chi connectivity index (χ1) is 42.2. The van der Waals surface area contributed by atoms with Gasteiger partial charge in [0, 0.05) is 44.7 Å². The van der Waals surface area contributed by atoms with Crippen molar-refractivity contribution < 1.29 is 4.74 Å². The second-order valence-corrected chi connectivity index (χ2v) is 33.0. The van der Waals surface area contributed by atoms with Crippen LogP contribution in [0.1, 0.15) is 170 Å².